The number of benzene rings is 2. The van der Waals surface area contributed by atoms with Gasteiger partial charge in [0.25, 0.3) is 5.91 Å². The van der Waals surface area contributed by atoms with Crippen LogP contribution in [0, 0.1) is 17.8 Å². The Morgan fingerprint density at radius 2 is 1.39 bits per heavy atom. The summed E-state index contributed by atoms with van der Waals surface area (Å²) in [6, 6.07) is 21.0. The summed E-state index contributed by atoms with van der Waals surface area (Å²) in [7, 11) is 0. The number of piperazine rings is 1. The van der Waals surface area contributed by atoms with Gasteiger partial charge in [0.1, 0.15) is 0 Å². The highest BCUT2D eigenvalue weighted by molar-refractivity contribution is 5.95. The van der Waals surface area contributed by atoms with Gasteiger partial charge in [-0.3, -0.25) is 9.69 Å². The van der Waals surface area contributed by atoms with E-state index in [0.717, 1.165) is 67.4 Å². The lowest BCUT2D eigenvalue weighted by Gasteiger charge is -2.56. The van der Waals surface area contributed by atoms with Crippen LogP contribution < -0.4 is 0 Å². The molecule has 1 amide bonds. The van der Waals surface area contributed by atoms with Crippen molar-refractivity contribution in [3.8, 4) is 5.69 Å². The number of carbonyl (C=O) groups is 1. The van der Waals surface area contributed by atoms with Crippen molar-refractivity contribution < 1.29 is 4.79 Å². The van der Waals surface area contributed by atoms with E-state index in [1.807, 2.05) is 16.9 Å². The fraction of sp³-hybridized carbons (Fsp3) is 0.484. The molecule has 186 valence electrons. The molecule has 2 heterocycles. The Balaban J connectivity index is 1.17. The summed E-state index contributed by atoms with van der Waals surface area (Å²) in [6.45, 7) is 4.35. The minimum Gasteiger partial charge on any atom is -0.336 e. The van der Waals surface area contributed by atoms with E-state index in [1.54, 1.807) is 0 Å². The van der Waals surface area contributed by atoms with E-state index in [4.69, 9.17) is 5.10 Å². The van der Waals surface area contributed by atoms with Crippen molar-refractivity contribution in [1.82, 2.24) is 19.6 Å². The Hall–Kier alpha value is -2.92. The average molecular weight is 481 g/mol. The van der Waals surface area contributed by atoms with Crippen molar-refractivity contribution in [3.63, 3.8) is 0 Å². The third kappa shape index (κ3) is 3.98. The zero-order chi connectivity index (χ0) is 24.1. The van der Waals surface area contributed by atoms with Crippen LogP contribution in [0.1, 0.15) is 60.1 Å². The lowest BCUT2D eigenvalue weighted by Crippen LogP contribution is -2.51. The molecular formula is C31H36N4O. The molecule has 4 saturated carbocycles. The van der Waals surface area contributed by atoms with E-state index < -0.39 is 0 Å². The molecule has 0 N–H and O–H groups in total. The lowest BCUT2D eigenvalue weighted by molar-refractivity contribution is -0.00793. The SMILES string of the molecule is O=C(c1cn(-c2ccccc2)nc1C12CC3CC(CC(C3)C1)C2)N1CCN(Cc2ccccc2)CC1. The number of amides is 1. The molecule has 36 heavy (non-hydrogen) atoms. The molecule has 0 radical (unpaired) electrons. The second-order valence-corrected chi connectivity index (χ2v) is 11.9. The second-order valence-electron chi connectivity index (χ2n) is 11.9. The molecule has 1 aliphatic heterocycles. The Morgan fingerprint density at radius 3 is 2.00 bits per heavy atom. The van der Waals surface area contributed by atoms with E-state index in [-0.39, 0.29) is 11.3 Å². The third-order valence-corrected chi connectivity index (χ3v) is 9.41. The maximum atomic E-state index is 14.1. The van der Waals surface area contributed by atoms with Crippen LogP contribution in [0.25, 0.3) is 5.69 Å². The number of hydrogen-bond acceptors (Lipinski definition) is 3. The van der Waals surface area contributed by atoms with Gasteiger partial charge in [-0.25, -0.2) is 4.68 Å². The Bertz CT molecular complexity index is 1190. The van der Waals surface area contributed by atoms with Crippen LogP contribution in [-0.2, 0) is 12.0 Å². The summed E-state index contributed by atoms with van der Waals surface area (Å²) in [6.07, 6.45) is 9.88. The number of carbonyl (C=O) groups excluding carboxylic acids is 1. The largest absolute Gasteiger partial charge is 0.336 e. The normalized spacial score (nSPS) is 29.6. The quantitative estimate of drug-likeness (QED) is 0.498. The summed E-state index contributed by atoms with van der Waals surface area (Å²) in [5.74, 6) is 2.65. The first-order chi connectivity index (χ1) is 17.6. The molecule has 0 unspecified atom stereocenters. The molecule has 0 spiro atoms. The molecule has 4 bridgehead atoms. The highest BCUT2D eigenvalue weighted by Crippen LogP contribution is 2.61. The van der Waals surface area contributed by atoms with Crippen LogP contribution >= 0.6 is 0 Å². The molecule has 5 fully saturated rings. The predicted molar refractivity (Wildman–Crippen MR) is 141 cm³/mol. The van der Waals surface area contributed by atoms with Gasteiger partial charge in [0.2, 0.25) is 0 Å². The molecule has 5 nitrogen and oxygen atoms in total. The van der Waals surface area contributed by atoms with Crippen molar-refractivity contribution >= 4 is 5.91 Å². The van der Waals surface area contributed by atoms with Crippen LogP contribution in [0.4, 0.5) is 0 Å². The van der Waals surface area contributed by atoms with Crippen LogP contribution in [0.2, 0.25) is 0 Å². The van der Waals surface area contributed by atoms with Crippen molar-refractivity contribution in [2.75, 3.05) is 26.2 Å². The van der Waals surface area contributed by atoms with Gasteiger partial charge >= 0.3 is 0 Å². The van der Waals surface area contributed by atoms with Crippen LogP contribution in [0.5, 0.6) is 0 Å². The lowest BCUT2D eigenvalue weighted by atomic mass is 9.48. The third-order valence-electron chi connectivity index (χ3n) is 9.41. The zero-order valence-corrected chi connectivity index (χ0v) is 21.1. The van der Waals surface area contributed by atoms with Crippen molar-refractivity contribution in [2.24, 2.45) is 17.8 Å². The molecule has 2 aromatic carbocycles. The molecule has 5 heteroatoms. The fourth-order valence-electron chi connectivity index (χ4n) is 8.16. The number of para-hydroxylation sites is 1. The molecule has 3 aromatic rings. The molecular weight excluding hydrogens is 444 g/mol. The second kappa shape index (κ2) is 8.88. The standard InChI is InChI=1S/C31H36N4O/c36-30(34-13-11-33(12-14-34)21-23-7-3-1-4-8-23)28-22-35(27-9-5-2-6-10-27)32-29(28)31-18-24-15-25(19-31)17-26(16-24)20-31/h1-10,22,24-26H,11-21H2. The summed E-state index contributed by atoms with van der Waals surface area (Å²) in [4.78, 5) is 18.6. The summed E-state index contributed by atoms with van der Waals surface area (Å²) < 4.78 is 1.98. The summed E-state index contributed by atoms with van der Waals surface area (Å²) >= 11 is 0. The minimum atomic E-state index is 0.0922. The predicted octanol–water partition coefficient (Wildman–Crippen LogP) is 5.30. The van der Waals surface area contributed by atoms with Gasteiger partial charge in [-0.15, -0.1) is 0 Å². The van der Waals surface area contributed by atoms with Crippen LogP contribution in [0.15, 0.2) is 66.9 Å². The Labute approximate surface area is 214 Å². The van der Waals surface area contributed by atoms with Gasteiger partial charge in [-0.1, -0.05) is 48.5 Å². The molecule has 0 atom stereocenters. The topological polar surface area (TPSA) is 41.4 Å². The van der Waals surface area contributed by atoms with Gasteiger partial charge in [-0.05, 0) is 74.0 Å². The minimum absolute atomic E-state index is 0.0922. The van der Waals surface area contributed by atoms with Gasteiger partial charge in [0, 0.05) is 44.3 Å². The monoisotopic (exact) mass is 480 g/mol. The number of nitrogens with zero attached hydrogens (tertiary/aromatic N) is 4. The highest BCUT2D eigenvalue weighted by Gasteiger charge is 2.54. The smallest absolute Gasteiger partial charge is 0.257 e. The maximum Gasteiger partial charge on any atom is 0.257 e. The van der Waals surface area contributed by atoms with Crippen molar-refractivity contribution in [2.45, 2.75) is 50.5 Å². The summed E-state index contributed by atoms with van der Waals surface area (Å²) in [5, 5.41) is 5.22. The van der Waals surface area contributed by atoms with E-state index in [2.05, 4.69) is 64.4 Å². The first-order valence-electron chi connectivity index (χ1n) is 13.9. The van der Waals surface area contributed by atoms with E-state index in [9.17, 15) is 4.79 Å². The molecule has 5 aliphatic rings. The summed E-state index contributed by atoms with van der Waals surface area (Å²) in [5.41, 5.74) is 4.43. The average Bonchev–Trinajstić information content (AvgIpc) is 3.36. The molecule has 1 saturated heterocycles. The molecule has 8 rings (SSSR count). The van der Waals surface area contributed by atoms with Gasteiger partial charge in [0.15, 0.2) is 0 Å². The first kappa shape index (κ1) is 22.3. The van der Waals surface area contributed by atoms with E-state index in [1.165, 1.54) is 44.1 Å². The fourth-order valence-corrected chi connectivity index (χ4v) is 8.16. The van der Waals surface area contributed by atoms with E-state index in [0.29, 0.717) is 0 Å². The van der Waals surface area contributed by atoms with Crippen LogP contribution in [0.3, 0.4) is 0 Å². The van der Waals surface area contributed by atoms with Gasteiger partial charge in [0.05, 0.1) is 16.9 Å². The Morgan fingerprint density at radius 1 is 0.806 bits per heavy atom. The van der Waals surface area contributed by atoms with Crippen molar-refractivity contribution in [3.05, 3.63) is 83.7 Å². The van der Waals surface area contributed by atoms with Crippen molar-refractivity contribution in [1.29, 1.82) is 0 Å². The highest BCUT2D eigenvalue weighted by atomic mass is 16.2. The number of rotatable bonds is 5. The number of aromatic nitrogens is 2. The molecule has 4 aliphatic carbocycles. The van der Waals surface area contributed by atoms with Gasteiger partial charge in [-0.2, -0.15) is 5.10 Å². The Kier molecular flexibility index (Phi) is 5.50. The number of hydrogen-bond donors (Lipinski definition) is 0. The first-order valence-corrected chi connectivity index (χ1v) is 13.9. The zero-order valence-electron chi connectivity index (χ0n) is 21.1. The molecule has 1 aromatic heterocycles. The van der Waals surface area contributed by atoms with Gasteiger partial charge < -0.3 is 4.90 Å². The van der Waals surface area contributed by atoms with E-state index >= 15 is 0 Å². The maximum absolute atomic E-state index is 14.1. The van der Waals surface area contributed by atoms with Crippen LogP contribution in [-0.4, -0.2) is 51.7 Å².